The molecule has 0 atom stereocenters. The second-order valence-corrected chi connectivity index (χ2v) is 7.33. The maximum atomic E-state index is 12.3. The Morgan fingerprint density at radius 1 is 0.897 bits per heavy atom. The molecule has 29 heavy (non-hydrogen) atoms. The first-order chi connectivity index (χ1) is 14.2. The van der Waals surface area contributed by atoms with E-state index in [-0.39, 0.29) is 5.91 Å². The van der Waals surface area contributed by atoms with Crippen molar-refractivity contribution in [2.24, 2.45) is 0 Å². The number of carbonyl (C=O) groups is 1. The summed E-state index contributed by atoms with van der Waals surface area (Å²) in [5.74, 6) is 1.51. The Balaban J connectivity index is 1.35. The molecule has 1 saturated heterocycles. The van der Waals surface area contributed by atoms with Crippen LogP contribution in [0.25, 0.3) is 0 Å². The third-order valence-electron chi connectivity index (χ3n) is 5.26. The highest BCUT2D eigenvalue weighted by Gasteiger charge is 2.18. The van der Waals surface area contributed by atoms with Crippen molar-refractivity contribution < 1.29 is 14.3 Å². The Morgan fingerprint density at radius 3 is 2.28 bits per heavy atom. The van der Waals surface area contributed by atoms with Crippen LogP contribution in [0.5, 0.6) is 11.5 Å². The molecule has 1 heterocycles. The average Bonchev–Trinajstić information content (AvgIpc) is 2.75. The molecular weight excluding hydrogens is 366 g/mol. The predicted octanol–water partition coefficient (Wildman–Crippen LogP) is 2.18. The third kappa shape index (κ3) is 6.48. The van der Waals surface area contributed by atoms with Gasteiger partial charge in [0.2, 0.25) is 5.91 Å². The smallest absolute Gasteiger partial charge is 0.234 e. The van der Waals surface area contributed by atoms with E-state index in [1.807, 2.05) is 24.3 Å². The zero-order valence-corrected chi connectivity index (χ0v) is 17.4. The zero-order valence-electron chi connectivity index (χ0n) is 17.4. The lowest BCUT2D eigenvalue weighted by atomic mass is 10.1. The van der Waals surface area contributed by atoms with Crippen LogP contribution in [0.3, 0.4) is 0 Å². The number of rotatable bonds is 9. The van der Waals surface area contributed by atoms with E-state index in [0.29, 0.717) is 24.6 Å². The van der Waals surface area contributed by atoms with Crippen molar-refractivity contribution in [1.29, 1.82) is 0 Å². The molecule has 0 aliphatic carbocycles. The van der Waals surface area contributed by atoms with Crippen molar-refractivity contribution >= 4 is 5.91 Å². The number of methoxy groups -OCH3 is 2. The molecule has 0 aromatic heterocycles. The predicted molar refractivity (Wildman–Crippen MR) is 114 cm³/mol. The van der Waals surface area contributed by atoms with Gasteiger partial charge in [0.25, 0.3) is 0 Å². The van der Waals surface area contributed by atoms with Crippen LogP contribution in [0.4, 0.5) is 0 Å². The number of nitrogens with one attached hydrogen (secondary N) is 1. The van der Waals surface area contributed by atoms with Gasteiger partial charge >= 0.3 is 0 Å². The van der Waals surface area contributed by atoms with Crippen molar-refractivity contribution in [3.05, 3.63) is 59.7 Å². The molecule has 3 rings (SSSR count). The quantitative estimate of drug-likeness (QED) is 0.703. The van der Waals surface area contributed by atoms with E-state index < -0.39 is 0 Å². The van der Waals surface area contributed by atoms with Crippen LogP contribution in [0, 0.1) is 0 Å². The van der Waals surface area contributed by atoms with E-state index in [4.69, 9.17) is 9.47 Å². The van der Waals surface area contributed by atoms with Crippen molar-refractivity contribution in [3.63, 3.8) is 0 Å². The summed E-state index contributed by atoms with van der Waals surface area (Å²) in [5, 5.41) is 3.03. The fourth-order valence-electron chi connectivity index (χ4n) is 3.59. The van der Waals surface area contributed by atoms with Crippen LogP contribution in [0.2, 0.25) is 0 Å². The summed E-state index contributed by atoms with van der Waals surface area (Å²) in [5.41, 5.74) is 2.45. The lowest BCUT2D eigenvalue weighted by molar-refractivity contribution is -0.122. The first-order valence-electron chi connectivity index (χ1n) is 10.1. The van der Waals surface area contributed by atoms with Crippen LogP contribution in [0.1, 0.15) is 11.1 Å². The standard InChI is InChI=1S/C23H31N3O3/c1-28-21-9-8-19(16-22(21)29-2)10-11-24-23(27)18-26-14-12-25(13-15-26)17-20-6-4-3-5-7-20/h3-9,16H,10-15,17-18H2,1-2H3,(H,24,27). The van der Waals surface area contributed by atoms with Gasteiger partial charge in [-0.25, -0.2) is 0 Å². The first-order valence-corrected chi connectivity index (χ1v) is 10.1. The molecular formula is C23H31N3O3. The van der Waals surface area contributed by atoms with Gasteiger partial charge in [-0.2, -0.15) is 0 Å². The Kier molecular flexibility index (Phi) is 7.90. The number of benzene rings is 2. The summed E-state index contributed by atoms with van der Waals surface area (Å²) in [6.07, 6.45) is 0.761. The number of hydrogen-bond acceptors (Lipinski definition) is 5. The second kappa shape index (κ2) is 10.8. The monoisotopic (exact) mass is 397 g/mol. The fraction of sp³-hybridized carbons (Fsp3) is 0.435. The van der Waals surface area contributed by atoms with Gasteiger partial charge in [-0.3, -0.25) is 14.6 Å². The molecule has 0 saturated carbocycles. The molecule has 156 valence electrons. The molecule has 6 nitrogen and oxygen atoms in total. The number of ether oxygens (including phenoxy) is 2. The van der Waals surface area contributed by atoms with Gasteiger partial charge in [-0.1, -0.05) is 36.4 Å². The minimum absolute atomic E-state index is 0.0852. The van der Waals surface area contributed by atoms with E-state index in [2.05, 4.69) is 39.4 Å². The van der Waals surface area contributed by atoms with Gasteiger partial charge in [0.05, 0.1) is 20.8 Å². The second-order valence-electron chi connectivity index (χ2n) is 7.33. The van der Waals surface area contributed by atoms with Crippen molar-refractivity contribution in [2.45, 2.75) is 13.0 Å². The first kappa shape index (κ1) is 21.1. The minimum atomic E-state index is 0.0852. The maximum Gasteiger partial charge on any atom is 0.234 e. The number of piperazine rings is 1. The Bertz CT molecular complexity index is 774. The molecule has 1 amide bonds. The zero-order chi connectivity index (χ0) is 20.5. The van der Waals surface area contributed by atoms with Crippen LogP contribution in [-0.4, -0.2) is 69.2 Å². The molecule has 6 heteroatoms. The lowest BCUT2D eigenvalue weighted by Gasteiger charge is -2.34. The fourth-order valence-corrected chi connectivity index (χ4v) is 3.59. The number of carbonyl (C=O) groups excluding carboxylic acids is 1. The summed E-state index contributed by atoms with van der Waals surface area (Å²) in [6.45, 7) is 5.90. The van der Waals surface area contributed by atoms with Gasteiger partial charge in [-0.15, -0.1) is 0 Å². The molecule has 2 aromatic rings. The molecule has 0 unspecified atom stereocenters. The molecule has 0 bridgehead atoms. The van der Waals surface area contributed by atoms with E-state index in [0.717, 1.165) is 44.7 Å². The number of nitrogens with zero attached hydrogens (tertiary/aromatic N) is 2. The summed E-state index contributed by atoms with van der Waals surface area (Å²) >= 11 is 0. The summed E-state index contributed by atoms with van der Waals surface area (Å²) in [7, 11) is 3.25. The maximum absolute atomic E-state index is 12.3. The molecule has 0 spiro atoms. The van der Waals surface area contributed by atoms with Gasteiger partial charge in [0.15, 0.2) is 11.5 Å². The average molecular weight is 398 g/mol. The van der Waals surface area contributed by atoms with Crippen molar-refractivity contribution in [1.82, 2.24) is 15.1 Å². The van der Waals surface area contributed by atoms with Crippen molar-refractivity contribution in [3.8, 4) is 11.5 Å². The molecule has 2 aromatic carbocycles. The Hall–Kier alpha value is -2.57. The molecule has 0 radical (unpaired) electrons. The van der Waals surface area contributed by atoms with Crippen LogP contribution >= 0.6 is 0 Å². The minimum Gasteiger partial charge on any atom is -0.493 e. The largest absolute Gasteiger partial charge is 0.493 e. The highest BCUT2D eigenvalue weighted by molar-refractivity contribution is 5.78. The van der Waals surface area contributed by atoms with Crippen molar-refractivity contribution in [2.75, 3.05) is 53.5 Å². The van der Waals surface area contributed by atoms with Crippen LogP contribution < -0.4 is 14.8 Å². The van der Waals surface area contributed by atoms with Gasteiger partial charge in [0, 0.05) is 39.3 Å². The van der Waals surface area contributed by atoms with Gasteiger partial charge in [-0.05, 0) is 29.7 Å². The third-order valence-corrected chi connectivity index (χ3v) is 5.26. The Labute approximate surface area is 173 Å². The molecule has 1 N–H and O–H groups in total. The SMILES string of the molecule is COc1ccc(CCNC(=O)CN2CCN(Cc3ccccc3)CC2)cc1OC. The van der Waals surface area contributed by atoms with Crippen LogP contribution in [-0.2, 0) is 17.8 Å². The highest BCUT2D eigenvalue weighted by atomic mass is 16.5. The van der Waals surface area contributed by atoms with E-state index in [1.165, 1.54) is 5.56 Å². The van der Waals surface area contributed by atoms with E-state index in [1.54, 1.807) is 14.2 Å². The molecule has 1 aliphatic heterocycles. The summed E-state index contributed by atoms with van der Waals surface area (Å²) in [6, 6.07) is 16.4. The number of hydrogen-bond donors (Lipinski definition) is 1. The normalized spacial score (nSPS) is 15.1. The van der Waals surface area contributed by atoms with Crippen LogP contribution in [0.15, 0.2) is 48.5 Å². The van der Waals surface area contributed by atoms with E-state index in [9.17, 15) is 4.79 Å². The summed E-state index contributed by atoms with van der Waals surface area (Å²) in [4.78, 5) is 17.0. The van der Waals surface area contributed by atoms with E-state index >= 15 is 0 Å². The Morgan fingerprint density at radius 2 is 1.59 bits per heavy atom. The van der Waals surface area contributed by atoms with Gasteiger partial charge in [0.1, 0.15) is 0 Å². The lowest BCUT2D eigenvalue weighted by Crippen LogP contribution is -2.49. The molecule has 1 aliphatic rings. The topological polar surface area (TPSA) is 54.0 Å². The molecule has 1 fully saturated rings. The highest BCUT2D eigenvalue weighted by Crippen LogP contribution is 2.27. The van der Waals surface area contributed by atoms with Gasteiger partial charge < -0.3 is 14.8 Å². The number of amides is 1. The summed E-state index contributed by atoms with van der Waals surface area (Å²) < 4.78 is 10.6.